The lowest BCUT2D eigenvalue weighted by molar-refractivity contribution is -0.116. The van der Waals surface area contributed by atoms with Crippen molar-refractivity contribution in [2.45, 2.75) is 25.8 Å². The molecule has 0 saturated heterocycles. The average molecular weight is 487 g/mol. The monoisotopic (exact) mass is 486 g/mol. The molecule has 1 N–H and O–H groups in total. The zero-order valence-electron chi connectivity index (χ0n) is 19.8. The Morgan fingerprint density at radius 3 is 2.63 bits per heavy atom. The minimum atomic E-state index is -0.587. The van der Waals surface area contributed by atoms with E-state index in [1.54, 1.807) is 12.1 Å². The van der Waals surface area contributed by atoms with Gasteiger partial charge in [-0.1, -0.05) is 71.9 Å². The van der Waals surface area contributed by atoms with Crippen LogP contribution in [0.2, 0.25) is 0 Å². The molecule has 2 aliphatic rings. The van der Waals surface area contributed by atoms with Crippen LogP contribution in [-0.2, 0) is 10.5 Å². The number of hydrogen-bond acceptors (Lipinski definition) is 7. The van der Waals surface area contributed by atoms with Gasteiger partial charge in [0.2, 0.25) is 0 Å². The number of ether oxygens (including phenoxy) is 2. The second-order valence-electron chi connectivity index (χ2n) is 8.16. The van der Waals surface area contributed by atoms with E-state index in [1.807, 2.05) is 49.4 Å². The molecule has 1 atom stereocenters. The summed E-state index contributed by atoms with van der Waals surface area (Å²) in [5, 5.41) is 11.5. The number of aryl methyl sites for hydroxylation is 1. The first-order chi connectivity index (χ1) is 17.1. The van der Waals surface area contributed by atoms with Gasteiger partial charge in [0.25, 0.3) is 5.91 Å². The lowest BCUT2D eigenvalue weighted by Gasteiger charge is -2.34. The van der Waals surface area contributed by atoms with Crippen LogP contribution in [0.1, 0.15) is 29.8 Å². The number of carbonyl (C=O) groups excluding carboxylic acids is 1. The van der Waals surface area contributed by atoms with Crippen LogP contribution in [0.5, 0.6) is 11.5 Å². The Hall–Kier alpha value is -3.78. The van der Waals surface area contributed by atoms with Gasteiger partial charge in [-0.15, -0.1) is 5.10 Å². The van der Waals surface area contributed by atoms with Gasteiger partial charge in [-0.2, -0.15) is 0 Å². The Balaban J connectivity index is 1.59. The van der Waals surface area contributed by atoms with Gasteiger partial charge in [0, 0.05) is 16.5 Å². The van der Waals surface area contributed by atoms with Gasteiger partial charge < -0.3 is 9.47 Å². The number of methoxy groups -OCH3 is 1. The van der Waals surface area contributed by atoms with Gasteiger partial charge in [0.15, 0.2) is 22.8 Å². The van der Waals surface area contributed by atoms with Crippen LogP contribution in [0.3, 0.4) is 0 Å². The van der Waals surface area contributed by atoms with E-state index in [2.05, 4.69) is 36.5 Å². The van der Waals surface area contributed by atoms with Crippen molar-refractivity contribution < 1.29 is 14.3 Å². The molecule has 3 aromatic rings. The zero-order chi connectivity index (χ0) is 24.4. The summed E-state index contributed by atoms with van der Waals surface area (Å²) in [5.41, 5.74) is 3.60. The summed E-state index contributed by atoms with van der Waals surface area (Å²) < 4.78 is 11.5. The Kier molecular flexibility index (Phi) is 6.46. The Labute approximate surface area is 208 Å². The number of nitrogens with one attached hydrogen (secondary N) is 1. The van der Waals surface area contributed by atoms with E-state index in [-0.39, 0.29) is 5.91 Å². The first-order valence-corrected chi connectivity index (χ1v) is 12.4. The van der Waals surface area contributed by atoms with E-state index in [0.717, 1.165) is 21.7 Å². The van der Waals surface area contributed by atoms with E-state index >= 15 is 0 Å². The molecule has 0 spiro atoms. The Bertz CT molecular complexity index is 1420. The molecule has 1 amide bonds. The van der Waals surface area contributed by atoms with Crippen molar-refractivity contribution >= 4 is 28.5 Å². The topological polar surface area (TPSA) is 75.5 Å². The summed E-state index contributed by atoms with van der Waals surface area (Å²) in [6.07, 6.45) is -0.587. The summed E-state index contributed by atoms with van der Waals surface area (Å²) in [6, 6.07) is 21.6. The summed E-state index contributed by atoms with van der Waals surface area (Å²) in [5.74, 6) is 1.68. The fourth-order valence-corrected chi connectivity index (χ4v) is 4.96. The van der Waals surface area contributed by atoms with Crippen molar-refractivity contribution in [3.8, 4) is 11.5 Å². The fourth-order valence-electron chi connectivity index (χ4n) is 4.15. The van der Waals surface area contributed by atoms with Crippen molar-refractivity contribution in [2.24, 2.45) is 10.1 Å². The largest absolute Gasteiger partial charge is 0.492 e. The highest BCUT2D eigenvalue weighted by Crippen LogP contribution is 2.40. The predicted octanol–water partition coefficient (Wildman–Crippen LogP) is 3.48. The minimum Gasteiger partial charge on any atom is -0.492 e. The number of amides is 1. The number of thioether (sulfide) groups is 1. The van der Waals surface area contributed by atoms with Crippen LogP contribution in [0.15, 0.2) is 76.8 Å². The molecule has 7 nitrogen and oxygen atoms in total. The van der Waals surface area contributed by atoms with Crippen LogP contribution in [0.25, 0.3) is 5.70 Å². The molecule has 178 valence electrons. The van der Waals surface area contributed by atoms with E-state index in [4.69, 9.17) is 19.6 Å². The van der Waals surface area contributed by atoms with Crippen molar-refractivity contribution in [1.82, 2.24) is 10.3 Å². The van der Waals surface area contributed by atoms with Crippen LogP contribution in [-0.4, -0.2) is 29.8 Å². The summed E-state index contributed by atoms with van der Waals surface area (Å²) in [6.45, 7) is 4.49. The van der Waals surface area contributed by atoms with Gasteiger partial charge in [-0.05, 0) is 31.5 Å². The molecule has 3 aromatic carbocycles. The number of hydrogen-bond donors (Lipinski definition) is 1. The molecule has 0 aromatic heterocycles. The molecule has 0 radical (unpaired) electrons. The third kappa shape index (κ3) is 4.49. The van der Waals surface area contributed by atoms with Crippen molar-refractivity contribution in [3.05, 3.63) is 94.0 Å². The van der Waals surface area contributed by atoms with Gasteiger partial charge >= 0.3 is 0 Å². The van der Waals surface area contributed by atoms with E-state index in [1.165, 1.54) is 17.3 Å². The molecule has 0 aliphatic carbocycles. The number of fused-ring (bicyclic) bond motifs is 2. The number of amidine groups is 1. The second-order valence-corrected chi connectivity index (χ2v) is 9.12. The van der Waals surface area contributed by atoms with Gasteiger partial charge in [-0.3, -0.25) is 15.1 Å². The first kappa shape index (κ1) is 23.0. The molecule has 5 rings (SSSR count). The summed E-state index contributed by atoms with van der Waals surface area (Å²) in [4.78, 5) is 18.4. The number of carbonyl (C=O) groups is 1. The lowest BCUT2D eigenvalue weighted by atomic mass is 10.1. The molecule has 0 bridgehead atoms. The minimum absolute atomic E-state index is 0.210. The SMILES string of the molecule is CCOc1cccc(C2N=c3ccccc3=C3C(=O)NC(SCc4ccc(C)cc4)=NN32)c1OC. The summed E-state index contributed by atoms with van der Waals surface area (Å²) >= 11 is 1.48. The molecular weight excluding hydrogens is 460 g/mol. The number of rotatable bonds is 6. The maximum absolute atomic E-state index is 13.4. The molecule has 0 fully saturated rings. The average Bonchev–Trinajstić information content (AvgIpc) is 2.87. The third-order valence-corrected chi connectivity index (χ3v) is 6.74. The molecular formula is C27H26N4O3S. The van der Waals surface area contributed by atoms with Crippen LogP contribution >= 0.6 is 11.8 Å². The van der Waals surface area contributed by atoms with E-state index in [9.17, 15) is 4.79 Å². The highest BCUT2D eigenvalue weighted by molar-refractivity contribution is 8.13. The molecule has 2 aliphatic heterocycles. The third-order valence-electron chi connectivity index (χ3n) is 5.80. The maximum atomic E-state index is 13.4. The van der Waals surface area contributed by atoms with Gasteiger partial charge in [-0.25, -0.2) is 5.01 Å². The smallest absolute Gasteiger partial charge is 0.276 e. The molecule has 35 heavy (non-hydrogen) atoms. The maximum Gasteiger partial charge on any atom is 0.276 e. The molecule has 2 heterocycles. The number of nitrogens with zero attached hydrogens (tertiary/aromatic N) is 3. The van der Waals surface area contributed by atoms with Crippen molar-refractivity contribution in [2.75, 3.05) is 13.7 Å². The number of hydrazone groups is 1. The molecule has 1 unspecified atom stereocenters. The normalized spacial score (nSPS) is 16.5. The molecule has 0 saturated carbocycles. The van der Waals surface area contributed by atoms with Crippen LogP contribution < -0.4 is 25.4 Å². The quantitative estimate of drug-likeness (QED) is 0.578. The van der Waals surface area contributed by atoms with E-state index in [0.29, 0.717) is 34.7 Å². The van der Waals surface area contributed by atoms with Gasteiger partial charge in [0.05, 0.1) is 19.1 Å². The van der Waals surface area contributed by atoms with Crippen molar-refractivity contribution in [1.29, 1.82) is 0 Å². The second kappa shape index (κ2) is 9.84. The van der Waals surface area contributed by atoms with Crippen LogP contribution in [0.4, 0.5) is 0 Å². The fraction of sp³-hybridized carbons (Fsp3) is 0.222. The molecule has 8 heteroatoms. The first-order valence-electron chi connectivity index (χ1n) is 11.4. The number of benzene rings is 3. The zero-order valence-corrected chi connectivity index (χ0v) is 20.6. The standard InChI is InChI=1S/C27H26N4O3S/c1-4-34-22-11-7-9-20(24(22)33-3)25-28-21-10-6-5-8-19(21)23-26(32)29-27(30-31(23)25)35-16-18-14-12-17(2)13-15-18/h5-15,25H,4,16H2,1-3H3,(H,29,30,32). The Morgan fingerprint density at radius 2 is 1.86 bits per heavy atom. The highest BCUT2D eigenvalue weighted by Gasteiger charge is 2.36. The number of para-hydroxylation sites is 2. The van der Waals surface area contributed by atoms with Gasteiger partial charge in [0.1, 0.15) is 5.70 Å². The van der Waals surface area contributed by atoms with Crippen LogP contribution in [0, 0.1) is 6.92 Å². The predicted molar refractivity (Wildman–Crippen MR) is 137 cm³/mol. The summed E-state index contributed by atoms with van der Waals surface area (Å²) in [7, 11) is 1.61. The highest BCUT2D eigenvalue weighted by atomic mass is 32.2. The Morgan fingerprint density at radius 1 is 1.06 bits per heavy atom. The van der Waals surface area contributed by atoms with E-state index < -0.39 is 6.17 Å². The lowest BCUT2D eigenvalue weighted by Crippen LogP contribution is -2.50. The van der Waals surface area contributed by atoms with Crippen molar-refractivity contribution in [3.63, 3.8) is 0 Å².